The number of hydrogen-bond acceptors (Lipinski definition) is 6. The minimum absolute atomic E-state index is 0. The van der Waals surface area contributed by atoms with Crippen LogP contribution >= 0.6 is 23.7 Å². The molecule has 2 aliphatic rings. The minimum Gasteiger partial charge on any atom is -0.384 e. The Morgan fingerprint density at radius 1 is 1.42 bits per heavy atom. The van der Waals surface area contributed by atoms with Gasteiger partial charge in [0.05, 0.1) is 5.70 Å². The number of fused-ring (bicyclic) bond motifs is 1. The van der Waals surface area contributed by atoms with Crippen molar-refractivity contribution in [3.63, 3.8) is 0 Å². The zero-order valence-corrected chi connectivity index (χ0v) is 11.4. The van der Waals surface area contributed by atoms with E-state index in [0.29, 0.717) is 18.0 Å². The van der Waals surface area contributed by atoms with E-state index >= 15 is 0 Å². The minimum atomic E-state index is -0.647. The number of rotatable bonds is 2. The summed E-state index contributed by atoms with van der Waals surface area (Å²) in [5, 5.41) is 6.47. The molecule has 0 aromatic carbocycles. The maximum Gasteiger partial charge on any atom is 0.257 e. The molecule has 1 aromatic heterocycles. The summed E-state index contributed by atoms with van der Waals surface area (Å²) in [6, 6.07) is 1.36. The number of nitrogens with one attached hydrogen (secondary N) is 1. The number of guanidine groups is 1. The molecule has 5 N–H and O–H groups in total. The number of halogens is 1. The van der Waals surface area contributed by atoms with Crippen molar-refractivity contribution in [2.75, 3.05) is 0 Å². The maximum absolute atomic E-state index is 11.7. The third kappa shape index (κ3) is 2.34. The molecule has 0 radical (unpaired) electrons. The highest BCUT2D eigenvalue weighted by atomic mass is 35.5. The van der Waals surface area contributed by atoms with Crippen LogP contribution in [-0.4, -0.2) is 23.7 Å². The molecule has 0 spiro atoms. The zero-order chi connectivity index (χ0) is 12.7. The number of nitrogens with two attached hydrogens (primary N) is 2. The molecule has 0 saturated heterocycles. The van der Waals surface area contributed by atoms with Gasteiger partial charge in [0, 0.05) is 12.0 Å². The second kappa shape index (κ2) is 5.02. The third-order valence-corrected chi connectivity index (χ3v) is 3.58. The molecule has 1 atom stereocenters. The molecule has 0 bridgehead atoms. The van der Waals surface area contributed by atoms with E-state index in [9.17, 15) is 4.79 Å². The highest BCUT2D eigenvalue weighted by molar-refractivity contribution is 7.07. The van der Waals surface area contributed by atoms with Gasteiger partial charge in [0.2, 0.25) is 0 Å². The summed E-state index contributed by atoms with van der Waals surface area (Å²) < 4.78 is 0. The molecule has 3 rings (SSSR count). The summed E-state index contributed by atoms with van der Waals surface area (Å²) in [5.41, 5.74) is 13.9. The van der Waals surface area contributed by atoms with Crippen LogP contribution in [-0.2, 0) is 11.2 Å². The van der Waals surface area contributed by atoms with Crippen molar-refractivity contribution in [1.29, 1.82) is 0 Å². The second-order valence-corrected chi connectivity index (χ2v) is 4.86. The molecule has 1 amide bonds. The lowest BCUT2D eigenvalue weighted by Crippen LogP contribution is -2.46. The van der Waals surface area contributed by atoms with Gasteiger partial charge in [-0.3, -0.25) is 10.1 Å². The van der Waals surface area contributed by atoms with Crippen molar-refractivity contribution >= 4 is 41.4 Å². The van der Waals surface area contributed by atoms with Crippen LogP contribution in [0.3, 0.4) is 0 Å². The topological polar surface area (TPSA) is 106 Å². The molecule has 1 unspecified atom stereocenters. The summed E-state index contributed by atoms with van der Waals surface area (Å²) in [7, 11) is 0. The normalized spacial score (nSPS) is 21.3. The van der Waals surface area contributed by atoms with Crippen LogP contribution < -0.4 is 16.8 Å². The Hall–Kier alpha value is -1.86. The second-order valence-electron chi connectivity index (χ2n) is 4.08. The standard InChI is InChI=1S/C11H11N5OS.ClH/c12-9-6(3-5-1-2-18-4-5)7-8(14-9)10(17)16-11(13)15-7;/h1-2,4,8H,3H2,(H2,12,14)(H3,13,15,16,17);1H. The van der Waals surface area contributed by atoms with E-state index in [2.05, 4.69) is 15.3 Å². The monoisotopic (exact) mass is 297 g/mol. The van der Waals surface area contributed by atoms with Crippen LogP contribution in [0, 0.1) is 0 Å². The van der Waals surface area contributed by atoms with Crippen LogP contribution in [0.4, 0.5) is 0 Å². The van der Waals surface area contributed by atoms with Crippen molar-refractivity contribution in [2.24, 2.45) is 21.5 Å². The summed E-state index contributed by atoms with van der Waals surface area (Å²) in [5.74, 6) is 0.189. The number of carbonyl (C=O) groups excluding carboxylic acids is 1. The molecular formula is C11H12ClN5OS. The van der Waals surface area contributed by atoms with E-state index in [0.717, 1.165) is 11.1 Å². The summed E-state index contributed by atoms with van der Waals surface area (Å²) in [6.07, 6.45) is 0.620. The Labute approximate surface area is 119 Å². The van der Waals surface area contributed by atoms with Gasteiger partial charge in [-0.15, -0.1) is 12.4 Å². The van der Waals surface area contributed by atoms with Crippen LogP contribution in [0.1, 0.15) is 5.56 Å². The summed E-state index contributed by atoms with van der Waals surface area (Å²) in [6.45, 7) is 0. The lowest BCUT2D eigenvalue weighted by Gasteiger charge is -2.16. The lowest BCUT2D eigenvalue weighted by molar-refractivity contribution is -0.120. The summed E-state index contributed by atoms with van der Waals surface area (Å²) in [4.78, 5) is 20.0. The van der Waals surface area contributed by atoms with Gasteiger partial charge in [0.1, 0.15) is 5.84 Å². The first-order valence-electron chi connectivity index (χ1n) is 5.38. The molecular weight excluding hydrogens is 286 g/mol. The van der Waals surface area contributed by atoms with Crippen molar-refractivity contribution in [2.45, 2.75) is 12.5 Å². The number of hydrogen-bond donors (Lipinski definition) is 3. The van der Waals surface area contributed by atoms with Crippen molar-refractivity contribution < 1.29 is 4.79 Å². The van der Waals surface area contributed by atoms with Gasteiger partial charge in [0.15, 0.2) is 12.0 Å². The number of aliphatic imine (C=N–C) groups is 2. The number of carbonyl (C=O) groups is 1. The number of thiophene rings is 1. The van der Waals surface area contributed by atoms with Crippen LogP contribution in [0.2, 0.25) is 0 Å². The molecule has 0 fully saturated rings. The van der Waals surface area contributed by atoms with E-state index in [4.69, 9.17) is 11.5 Å². The highest BCUT2D eigenvalue weighted by Crippen LogP contribution is 2.27. The third-order valence-electron chi connectivity index (χ3n) is 2.85. The van der Waals surface area contributed by atoms with E-state index in [-0.39, 0.29) is 24.3 Å². The smallest absolute Gasteiger partial charge is 0.257 e. The predicted molar refractivity (Wildman–Crippen MR) is 77.5 cm³/mol. The quantitative estimate of drug-likeness (QED) is 0.723. The Kier molecular flexibility index (Phi) is 3.59. The highest BCUT2D eigenvalue weighted by Gasteiger charge is 2.35. The van der Waals surface area contributed by atoms with Gasteiger partial charge in [0.25, 0.3) is 5.91 Å². The van der Waals surface area contributed by atoms with Gasteiger partial charge < -0.3 is 11.5 Å². The van der Waals surface area contributed by atoms with E-state index in [1.807, 2.05) is 16.8 Å². The van der Waals surface area contributed by atoms with Gasteiger partial charge in [-0.2, -0.15) is 11.3 Å². The van der Waals surface area contributed by atoms with Gasteiger partial charge in [-0.05, 0) is 22.4 Å². The summed E-state index contributed by atoms with van der Waals surface area (Å²) >= 11 is 1.61. The fourth-order valence-corrected chi connectivity index (χ4v) is 2.69. The molecule has 100 valence electrons. The Bertz CT molecular complexity index is 605. The lowest BCUT2D eigenvalue weighted by atomic mass is 10.0. The average Bonchev–Trinajstić information content (AvgIpc) is 2.91. The van der Waals surface area contributed by atoms with E-state index in [1.165, 1.54) is 0 Å². The van der Waals surface area contributed by atoms with Crippen LogP contribution in [0.25, 0.3) is 0 Å². The van der Waals surface area contributed by atoms with Crippen LogP contribution in [0.15, 0.2) is 38.1 Å². The molecule has 0 aliphatic carbocycles. The fourth-order valence-electron chi connectivity index (χ4n) is 2.02. The predicted octanol–water partition coefficient (Wildman–Crippen LogP) is 0.150. The molecule has 0 saturated carbocycles. The maximum atomic E-state index is 11.7. The van der Waals surface area contributed by atoms with Crippen molar-refractivity contribution in [3.8, 4) is 0 Å². The first-order chi connectivity index (χ1) is 8.65. The first kappa shape index (κ1) is 13.6. The number of nitrogens with zero attached hydrogens (tertiary/aromatic N) is 2. The molecule has 6 nitrogen and oxygen atoms in total. The zero-order valence-electron chi connectivity index (χ0n) is 9.79. The largest absolute Gasteiger partial charge is 0.384 e. The molecule has 1 aromatic rings. The first-order valence-corrected chi connectivity index (χ1v) is 6.32. The van der Waals surface area contributed by atoms with Gasteiger partial charge in [-0.25, -0.2) is 9.98 Å². The van der Waals surface area contributed by atoms with E-state index in [1.54, 1.807) is 11.3 Å². The SMILES string of the molecule is Cl.NC1=NC2=C(Cc3ccsc3)C(N)=NC2C(=O)N1. The molecule has 3 heterocycles. The number of amides is 1. The Morgan fingerprint density at radius 3 is 2.89 bits per heavy atom. The average molecular weight is 298 g/mol. The van der Waals surface area contributed by atoms with E-state index < -0.39 is 6.04 Å². The van der Waals surface area contributed by atoms with Crippen molar-refractivity contribution in [3.05, 3.63) is 33.7 Å². The molecule has 2 aliphatic heterocycles. The van der Waals surface area contributed by atoms with Crippen LogP contribution in [0.5, 0.6) is 0 Å². The Morgan fingerprint density at radius 2 is 2.21 bits per heavy atom. The van der Waals surface area contributed by atoms with Crippen molar-refractivity contribution in [1.82, 2.24) is 5.32 Å². The number of amidine groups is 1. The molecule has 8 heteroatoms. The van der Waals surface area contributed by atoms with Gasteiger partial charge in [-0.1, -0.05) is 0 Å². The fraction of sp³-hybridized carbons (Fsp3) is 0.182. The molecule has 19 heavy (non-hydrogen) atoms. The van der Waals surface area contributed by atoms with Gasteiger partial charge >= 0.3 is 0 Å². The Balaban J connectivity index is 0.00000133.